The zero-order valence-electron chi connectivity index (χ0n) is 17.8. The Labute approximate surface area is 182 Å². The molecule has 0 N–H and O–H groups in total. The molecule has 0 aliphatic rings. The Hall–Kier alpha value is -3.47. The van der Waals surface area contributed by atoms with E-state index in [9.17, 15) is 14.9 Å². The highest BCUT2D eigenvalue weighted by atomic mass is 16.6. The van der Waals surface area contributed by atoms with Crippen LogP contribution in [0.25, 0.3) is 0 Å². The molecule has 5 nitrogen and oxygen atoms in total. The molecule has 0 aliphatic heterocycles. The Bertz CT molecular complexity index is 987. The second kappa shape index (κ2) is 10.5. The van der Waals surface area contributed by atoms with Gasteiger partial charge in [0.1, 0.15) is 5.75 Å². The van der Waals surface area contributed by atoms with Gasteiger partial charge in [-0.15, -0.1) is 0 Å². The van der Waals surface area contributed by atoms with Crippen molar-refractivity contribution in [1.29, 1.82) is 0 Å². The highest BCUT2D eigenvalue weighted by molar-refractivity contribution is 5.99. The summed E-state index contributed by atoms with van der Waals surface area (Å²) in [4.78, 5) is 25.2. The van der Waals surface area contributed by atoms with E-state index < -0.39 is 11.8 Å². The average molecular weight is 418 g/mol. The first-order chi connectivity index (χ1) is 15.0. The maximum Gasteiger partial charge on any atom is 0.211 e. The summed E-state index contributed by atoms with van der Waals surface area (Å²) < 4.78 is 5.24. The number of benzene rings is 3. The molecule has 0 aromatic heterocycles. The van der Waals surface area contributed by atoms with Gasteiger partial charge in [-0.2, -0.15) is 0 Å². The van der Waals surface area contributed by atoms with E-state index in [2.05, 4.69) is 0 Å². The molecule has 3 atom stereocenters. The lowest BCUT2D eigenvalue weighted by Crippen LogP contribution is -2.32. The number of nitro groups is 1. The van der Waals surface area contributed by atoms with Crippen LogP contribution in [-0.4, -0.2) is 24.4 Å². The Morgan fingerprint density at radius 1 is 0.871 bits per heavy atom. The topological polar surface area (TPSA) is 69.4 Å². The van der Waals surface area contributed by atoms with Crippen LogP contribution in [0.3, 0.4) is 0 Å². The second-order valence-corrected chi connectivity index (χ2v) is 7.58. The molecule has 0 spiro atoms. The summed E-state index contributed by atoms with van der Waals surface area (Å²) in [7, 11) is 1.58. The van der Waals surface area contributed by atoms with Crippen LogP contribution in [0.2, 0.25) is 0 Å². The maximum atomic E-state index is 13.8. The first-order valence-corrected chi connectivity index (χ1v) is 10.4. The monoisotopic (exact) mass is 417 g/mol. The van der Waals surface area contributed by atoms with E-state index in [1.807, 2.05) is 67.6 Å². The highest BCUT2D eigenvalue weighted by Gasteiger charge is 2.39. The fourth-order valence-corrected chi connectivity index (χ4v) is 4.28. The van der Waals surface area contributed by atoms with Crippen LogP contribution >= 0.6 is 0 Å². The minimum atomic E-state index is -0.575. The third-order valence-electron chi connectivity index (χ3n) is 5.79. The van der Waals surface area contributed by atoms with E-state index >= 15 is 0 Å². The quantitative estimate of drug-likeness (QED) is 0.239. The third-order valence-corrected chi connectivity index (χ3v) is 5.79. The van der Waals surface area contributed by atoms with Crippen molar-refractivity contribution in [3.8, 4) is 5.75 Å². The molecule has 0 heterocycles. The lowest BCUT2D eigenvalue weighted by molar-refractivity contribution is -0.484. The summed E-state index contributed by atoms with van der Waals surface area (Å²) in [5.41, 5.74) is 2.35. The van der Waals surface area contributed by atoms with Gasteiger partial charge in [-0.05, 0) is 35.6 Å². The molecule has 3 aromatic rings. The van der Waals surface area contributed by atoms with E-state index in [4.69, 9.17) is 4.74 Å². The number of nitrogens with zero attached hydrogens (tertiary/aromatic N) is 1. The lowest BCUT2D eigenvalue weighted by Gasteiger charge is -2.31. The van der Waals surface area contributed by atoms with Gasteiger partial charge in [0, 0.05) is 16.4 Å². The van der Waals surface area contributed by atoms with Crippen molar-refractivity contribution in [2.24, 2.45) is 5.92 Å². The number of rotatable bonds is 10. The van der Waals surface area contributed by atoms with Crippen LogP contribution in [0.1, 0.15) is 46.7 Å². The normalized spacial score (nSPS) is 13.7. The molecular weight excluding hydrogens is 390 g/mol. The number of Topliss-reactive ketones (excluding diaryl/α,β-unsaturated/α-hetero) is 1. The van der Waals surface area contributed by atoms with Gasteiger partial charge in [0.15, 0.2) is 5.78 Å². The van der Waals surface area contributed by atoms with Gasteiger partial charge in [-0.25, -0.2) is 0 Å². The predicted octanol–water partition coefficient (Wildman–Crippen LogP) is 5.75. The smallest absolute Gasteiger partial charge is 0.211 e. The molecule has 0 amide bonds. The minimum absolute atomic E-state index is 0.0704. The summed E-state index contributed by atoms with van der Waals surface area (Å²) in [5.74, 6) is -0.697. The second-order valence-electron chi connectivity index (χ2n) is 7.58. The van der Waals surface area contributed by atoms with Gasteiger partial charge in [0.25, 0.3) is 0 Å². The molecule has 3 aromatic carbocycles. The predicted molar refractivity (Wildman–Crippen MR) is 121 cm³/mol. The molecule has 3 rings (SSSR count). The van der Waals surface area contributed by atoms with Crippen LogP contribution in [0, 0.1) is 16.0 Å². The molecule has 0 aliphatic carbocycles. The summed E-state index contributed by atoms with van der Waals surface area (Å²) in [5, 5.41) is 11.7. The van der Waals surface area contributed by atoms with Crippen molar-refractivity contribution in [3.05, 3.63) is 112 Å². The van der Waals surface area contributed by atoms with Crippen LogP contribution in [-0.2, 0) is 0 Å². The Morgan fingerprint density at radius 2 is 1.42 bits per heavy atom. The Balaban J connectivity index is 2.14. The minimum Gasteiger partial charge on any atom is -0.497 e. The van der Waals surface area contributed by atoms with E-state index in [-0.39, 0.29) is 23.2 Å². The van der Waals surface area contributed by atoms with Gasteiger partial charge in [0.2, 0.25) is 6.54 Å². The number of carbonyl (C=O) groups excluding carboxylic acids is 1. The molecule has 0 fully saturated rings. The summed E-state index contributed by atoms with van der Waals surface area (Å²) in [6.07, 6.45) is 0.692. The number of methoxy groups -OCH3 is 1. The first-order valence-electron chi connectivity index (χ1n) is 10.4. The molecule has 160 valence electrons. The van der Waals surface area contributed by atoms with E-state index in [1.165, 1.54) is 0 Å². The van der Waals surface area contributed by atoms with E-state index in [1.54, 1.807) is 31.4 Å². The van der Waals surface area contributed by atoms with Crippen LogP contribution < -0.4 is 4.74 Å². The molecule has 31 heavy (non-hydrogen) atoms. The van der Waals surface area contributed by atoms with Crippen LogP contribution in [0.5, 0.6) is 5.75 Å². The summed E-state index contributed by atoms with van der Waals surface area (Å²) >= 11 is 0. The largest absolute Gasteiger partial charge is 0.497 e. The molecule has 5 heteroatoms. The molecule has 0 saturated carbocycles. The van der Waals surface area contributed by atoms with Crippen LogP contribution in [0.15, 0.2) is 84.9 Å². The van der Waals surface area contributed by atoms with Crippen molar-refractivity contribution in [3.63, 3.8) is 0 Å². The molecule has 0 radical (unpaired) electrons. The zero-order valence-corrected chi connectivity index (χ0v) is 17.8. The summed E-state index contributed by atoms with van der Waals surface area (Å²) in [6.45, 7) is 1.71. The number of hydrogen-bond acceptors (Lipinski definition) is 4. The molecular formula is C26H27NO4. The number of ketones is 1. The molecule has 3 unspecified atom stereocenters. The number of hydrogen-bond donors (Lipinski definition) is 0. The Kier molecular flexibility index (Phi) is 7.55. The fraction of sp³-hybridized carbons (Fsp3) is 0.269. The Morgan fingerprint density at radius 3 is 1.94 bits per heavy atom. The SMILES string of the molecule is CCC(c1ccccc1)C(C(=O)c1ccccc1)C(C[N+](=O)[O-])c1ccc(OC)cc1. The van der Waals surface area contributed by atoms with E-state index in [0.29, 0.717) is 17.7 Å². The molecule has 0 saturated heterocycles. The average Bonchev–Trinajstić information content (AvgIpc) is 2.82. The van der Waals surface area contributed by atoms with Crippen molar-refractivity contribution >= 4 is 5.78 Å². The van der Waals surface area contributed by atoms with Gasteiger partial charge < -0.3 is 4.74 Å². The molecule has 0 bridgehead atoms. The van der Waals surface area contributed by atoms with Gasteiger partial charge in [0.05, 0.1) is 13.0 Å². The standard InChI is InChI=1S/C26H27NO4/c1-3-23(19-10-6-4-7-11-19)25(26(28)21-12-8-5-9-13-21)24(18-27(29)30)20-14-16-22(31-2)17-15-20/h4-17,23-25H,3,18H2,1-2H3. The number of ether oxygens (including phenoxy) is 1. The van der Waals surface area contributed by atoms with Crippen molar-refractivity contribution in [2.75, 3.05) is 13.7 Å². The van der Waals surface area contributed by atoms with Crippen molar-refractivity contribution in [2.45, 2.75) is 25.2 Å². The van der Waals surface area contributed by atoms with Gasteiger partial charge in [-0.1, -0.05) is 79.7 Å². The maximum absolute atomic E-state index is 13.8. The van der Waals surface area contributed by atoms with Gasteiger partial charge in [-0.3, -0.25) is 14.9 Å². The number of carbonyl (C=O) groups is 1. The lowest BCUT2D eigenvalue weighted by atomic mass is 9.70. The van der Waals surface area contributed by atoms with Crippen molar-refractivity contribution in [1.82, 2.24) is 0 Å². The first kappa shape index (κ1) is 22.2. The van der Waals surface area contributed by atoms with Crippen LogP contribution in [0.4, 0.5) is 0 Å². The van der Waals surface area contributed by atoms with E-state index in [0.717, 1.165) is 11.1 Å². The third kappa shape index (κ3) is 5.37. The van der Waals surface area contributed by atoms with Crippen molar-refractivity contribution < 1.29 is 14.5 Å². The zero-order chi connectivity index (χ0) is 22.2. The van der Waals surface area contributed by atoms with Gasteiger partial charge >= 0.3 is 0 Å². The highest BCUT2D eigenvalue weighted by Crippen LogP contribution is 2.41. The summed E-state index contributed by atoms with van der Waals surface area (Å²) in [6, 6.07) is 26.1. The fourth-order valence-electron chi connectivity index (χ4n) is 4.28.